The Kier molecular flexibility index (Phi) is 3.25. The highest BCUT2D eigenvalue weighted by Gasteiger charge is 1.85. The first-order valence-corrected chi connectivity index (χ1v) is 1.68. The molecular weight excluding hydrogens is 114 g/mol. The minimum absolute atomic E-state index is 0.246. The molecule has 0 rings (SSSR count). The molecule has 0 unspecified atom stereocenters. The normalized spacial score (nSPS) is 7.50. The van der Waals surface area contributed by atoms with Gasteiger partial charge in [0.15, 0.2) is 0 Å². The number of urea groups is 1. The van der Waals surface area contributed by atoms with Gasteiger partial charge in [0.25, 0.3) is 0 Å². The van der Waals surface area contributed by atoms with E-state index in [1.807, 2.05) is 0 Å². The van der Waals surface area contributed by atoms with Crippen molar-refractivity contribution in [1.82, 2.24) is 11.0 Å². The zero-order valence-electron chi connectivity index (χ0n) is 3.88. The average molecular weight is 119 g/mol. The third-order valence-electron chi connectivity index (χ3n) is 0.259. The summed E-state index contributed by atoms with van der Waals surface area (Å²) < 4.78 is 0. The molecule has 0 radical (unpaired) electrons. The van der Waals surface area contributed by atoms with Gasteiger partial charge in [-0.1, -0.05) is 0 Å². The van der Waals surface area contributed by atoms with Crippen LogP contribution in [0.5, 0.6) is 0 Å². The van der Waals surface area contributed by atoms with Crippen molar-refractivity contribution < 1.29 is 14.5 Å². The largest absolute Gasteiger partial charge is 0.350 e. The van der Waals surface area contributed by atoms with Crippen LogP contribution in [0, 0.1) is 0 Å². The molecule has 0 aromatic heterocycles. The summed E-state index contributed by atoms with van der Waals surface area (Å²) in [6.07, 6.45) is 0.246. The van der Waals surface area contributed by atoms with Crippen molar-refractivity contribution in [2.45, 2.75) is 0 Å². The number of rotatable bonds is 3. The lowest BCUT2D eigenvalue weighted by Crippen LogP contribution is -2.34. The Hall–Kier alpha value is -1.30. The molecule has 0 spiro atoms. The molecule has 6 heteroatoms. The van der Waals surface area contributed by atoms with E-state index in [4.69, 9.17) is 0 Å². The van der Waals surface area contributed by atoms with E-state index in [2.05, 4.69) is 10.7 Å². The van der Waals surface area contributed by atoms with Gasteiger partial charge in [-0.3, -0.25) is 4.79 Å². The number of hydroxylamine groups is 2. The van der Waals surface area contributed by atoms with E-state index >= 15 is 0 Å². The Balaban J connectivity index is 2.93. The van der Waals surface area contributed by atoms with Crippen molar-refractivity contribution >= 4 is 12.4 Å². The van der Waals surface area contributed by atoms with Gasteiger partial charge in [0.1, 0.15) is 0 Å². The van der Waals surface area contributed by atoms with Gasteiger partial charge in [-0.25, -0.2) is 10.3 Å². The fourth-order valence-corrected chi connectivity index (χ4v) is 0.104. The van der Waals surface area contributed by atoms with Crippen LogP contribution >= 0.6 is 0 Å². The Morgan fingerprint density at radius 3 is 2.75 bits per heavy atom. The number of nitrogens with two attached hydrogens (primary N) is 1. The molecular formula is C2H5N3O3. The van der Waals surface area contributed by atoms with Gasteiger partial charge >= 0.3 is 6.03 Å². The number of hydrogen-bond donors (Lipinski definition) is 3. The van der Waals surface area contributed by atoms with Crippen molar-refractivity contribution in [1.29, 1.82) is 0 Å². The topological polar surface area (TPSA) is 93.5 Å². The van der Waals surface area contributed by atoms with Gasteiger partial charge in [-0.15, -0.1) is 0 Å². The third-order valence-corrected chi connectivity index (χ3v) is 0.259. The molecule has 0 aliphatic carbocycles. The number of hydrogen-bond acceptors (Lipinski definition) is 3. The second-order valence-corrected chi connectivity index (χ2v) is 0.804. The van der Waals surface area contributed by atoms with Crippen LogP contribution in [0.3, 0.4) is 0 Å². The van der Waals surface area contributed by atoms with Crippen LogP contribution in [0.4, 0.5) is 4.79 Å². The van der Waals surface area contributed by atoms with Crippen molar-refractivity contribution in [2.75, 3.05) is 0 Å². The molecule has 0 heterocycles. The van der Waals surface area contributed by atoms with Gasteiger partial charge in [0, 0.05) is 0 Å². The van der Waals surface area contributed by atoms with Crippen molar-refractivity contribution in [2.24, 2.45) is 5.73 Å². The van der Waals surface area contributed by atoms with E-state index in [1.54, 1.807) is 11.0 Å². The molecule has 0 aromatic carbocycles. The Morgan fingerprint density at radius 1 is 1.75 bits per heavy atom. The minimum atomic E-state index is -0.876. The quantitative estimate of drug-likeness (QED) is 0.233. The maximum absolute atomic E-state index is 9.70. The van der Waals surface area contributed by atoms with Crippen molar-refractivity contribution in [3.63, 3.8) is 0 Å². The van der Waals surface area contributed by atoms with Crippen molar-refractivity contribution in [3.8, 4) is 0 Å². The van der Waals surface area contributed by atoms with E-state index in [0.717, 1.165) is 0 Å². The SMILES string of the molecule is NC(=O)NONC=O. The van der Waals surface area contributed by atoms with Gasteiger partial charge in [0.2, 0.25) is 6.41 Å². The molecule has 0 saturated carbocycles. The number of amides is 3. The Bertz CT molecular complexity index is 92.5. The Labute approximate surface area is 44.9 Å². The van der Waals surface area contributed by atoms with Gasteiger partial charge in [-0.2, -0.15) is 10.4 Å². The summed E-state index contributed by atoms with van der Waals surface area (Å²) >= 11 is 0. The van der Waals surface area contributed by atoms with E-state index in [-0.39, 0.29) is 6.41 Å². The lowest BCUT2D eigenvalue weighted by atomic mass is 11.2. The molecule has 8 heavy (non-hydrogen) atoms. The molecule has 0 aromatic rings. The number of carbonyl (C=O) groups excluding carboxylic acids is 2. The maximum atomic E-state index is 9.70. The zero-order valence-corrected chi connectivity index (χ0v) is 3.88. The van der Waals surface area contributed by atoms with Crippen LogP contribution < -0.4 is 16.7 Å². The number of carbonyl (C=O) groups is 2. The average Bonchev–Trinajstić information content (AvgIpc) is 1.66. The molecule has 0 atom stereocenters. The van der Waals surface area contributed by atoms with Crippen LogP contribution in [-0.4, -0.2) is 12.4 Å². The molecule has 0 fully saturated rings. The van der Waals surface area contributed by atoms with Crippen LogP contribution in [0.25, 0.3) is 0 Å². The molecule has 6 nitrogen and oxygen atoms in total. The molecule has 0 aliphatic rings. The van der Waals surface area contributed by atoms with E-state index in [0.29, 0.717) is 0 Å². The smallest absolute Gasteiger partial charge is 0.338 e. The van der Waals surface area contributed by atoms with Crippen LogP contribution in [0.1, 0.15) is 0 Å². The number of primary amides is 1. The summed E-state index contributed by atoms with van der Waals surface area (Å²) in [6, 6.07) is -0.876. The third kappa shape index (κ3) is 4.70. The van der Waals surface area contributed by atoms with Crippen LogP contribution in [-0.2, 0) is 9.73 Å². The van der Waals surface area contributed by atoms with E-state index in [1.165, 1.54) is 0 Å². The number of nitrogens with one attached hydrogen (secondary N) is 2. The summed E-state index contributed by atoms with van der Waals surface area (Å²) in [7, 11) is 0. The monoisotopic (exact) mass is 119 g/mol. The summed E-state index contributed by atoms with van der Waals surface area (Å²) in [5.74, 6) is 0. The highest BCUT2D eigenvalue weighted by molar-refractivity contribution is 5.70. The summed E-state index contributed by atoms with van der Waals surface area (Å²) in [6.45, 7) is 0. The summed E-state index contributed by atoms with van der Waals surface area (Å²) in [4.78, 5) is 23.0. The van der Waals surface area contributed by atoms with Gasteiger partial charge in [-0.05, 0) is 0 Å². The van der Waals surface area contributed by atoms with Crippen molar-refractivity contribution in [3.05, 3.63) is 0 Å². The standard InChI is InChI=1S/C2H5N3O3/c3-2(7)5-8-4-1-6/h1H,(H,4,6)(H3,3,5,7). The predicted octanol–water partition coefficient (Wildman–Crippen LogP) is -1.75. The van der Waals surface area contributed by atoms with Crippen LogP contribution in [0.15, 0.2) is 0 Å². The first-order valence-electron chi connectivity index (χ1n) is 1.68. The molecule has 3 amide bonds. The van der Waals surface area contributed by atoms with Crippen LogP contribution in [0.2, 0.25) is 0 Å². The maximum Gasteiger partial charge on any atom is 0.338 e. The molecule has 0 bridgehead atoms. The molecule has 0 aliphatic heterocycles. The lowest BCUT2D eigenvalue weighted by Gasteiger charge is -1.95. The van der Waals surface area contributed by atoms with Gasteiger partial charge < -0.3 is 5.73 Å². The first kappa shape index (κ1) is 6.70. The zero-order chi connectivity index (χ0) is 6.41. The second-order valence-electron chi connectivity index (χ2n) is 0.804. The fourth-order valence-electron chi connectivity index (χ4n) is 0.104. The van der Waals surface area contributed by atoms with Gasteiger partial charge in [0.05, 0.1) is 0 Å². The lowest BCUT2D eigenvalue weighted by molar-refractivity contribution is -0.124. The second kappa shape index (κ2) is 3.88. The highest BCUT2D eigenvalue weighted by atomic mass is 16.8. The first-order chi connectivity index (χ1) is 3.77. The van der Waals surface area contributed by atoms with E-state index in [9.17, 15) is 9.59 Å². The summed E-state index contributed by atoms with van der Waals surface area (Å²) in [5, 5.41) is 0. The minimum Gasteiger partial charge on any atom is -0.350 e. The molecule has 46 valence electrons. The predicted molar refractivity (Wildman–Crippen MR) is 23.0 cm³/mol. The highest BCUT2D eigenvalue weighted by Crippen LogP contribution is 1.51. The molecule has 4 N–H and O–H groups in total. The summed E-state index contributed by atoms with van der Waals surface area (Å²) in [5.41, 5.74) is 7.83. The Morgan fingerprint density at radius 2 is 2.38 bits per heavy atom. The van der Waals surface area contributed by atoms with E-state index < -0.39 is 6.03 Å². The molecule has 0 saturated heterocycles. The fraction of sp³-hybridized carbons (Fsp3) is 0.